The minimum Gasteiger partial charge on any atom is -0.325 e. The van der Waals surface area contributed by atoms with Crippen LogP contribution in [-0.2, 0) is 11.2 Å². The molecule has 4 nitrogen and oxygen atoms in total. The fourth-order valence-electron chi connectivity index (χ4n) is 1.68. The van der Waals surface area contributed by atoms with Gasteiger partial charge in [0.15, 0.2) is 0 Å². The van der Waals surface area contributed by atoms with Gasteiger partial charge in [-0.3, -0.25) is 9.89 Å². The van der Waals surface area contributed by atoms with Crippen molar-refractivity contribution in [2.75, 3.05) is 5.32 Å². The zero-order valence-electron chi connectivity index (χ0n) is 11.0. The van der Waals surface area contributed by atoms with Gasteiger partial charge in [0.05, 0.1) is 12.1 Å². The number of nitrogens with one attached hydrogen (secondary N) is 2. The molecule has 0 aliphatic carbocycles. The lowest BCUT2D eigenvalue weighted by Gasteiger charge is -2.12. The molecule has 19 heavy (non-hydrogen) atoms. The molecular weight excluding hydrogens is 258 g/mol. The Balaban J connectivity index is 2.04. The molecule has 0 aliphatic rings. The Morgan fingerprint density at radius 3 is 2.84 bits per heavy atom. The van der Waals surface area contributed by atoms with Crippen LogP contribution in [0.5, 0.6) is 0 Å². The fraction of sp³-hybridized carbons (Fsp3) is 0.286. The van der Waals surface area contributed by atoms with E-state index in [1.165, 1.54) is 0 Å². The third kappa shape index (κ3) is 4.13. The molecule has 1 amide bonds. The van der Waals surface area contributed by atoms with Gasteiger partial charge in [0.1, 0.15) is 0 Å². The molecule has 0 aliphatic heterocycles. The third-order valence-corrected chi connectivity index (χ3v) is 3.51. The number of hydrogen-bond donors (Lipinski definition) is 2. The zero-order chi connectivity index (χ0) is 13.7. The number of para-hydroxylation sites is 1. The first kappa shape index (κ1) is 13.7. The molecule has 1 heterocycles. The van der Waals surface area contributed by atoms with Crippen molar-refractivity contribution >= 4 is 23.4 Å². The highest BCUT2D eigenvalue weighted by Crippen LogP contribution is 2.30. The number of benzene rings is 1. The summed E-state index contributed by atoms with van der Waals surface area (Å²) in [6.07, 6.45) is 1.95. The Kier molecular flexibility index (Phi) is 4.63. The van der Waals surface area contributed by atoms with Crippen molar-refractivity contribution in [2.24, 2.45) is 0 Å². The molecule has 0 radical (unpaired) electrons. The van der Waals surface area contributed by atoms with Crippen molar-refractivity contribution in [3.05, 3.63) is 42.2 Å². The summed E-state index contributed by atoms with van der Waals surface area (Å²) >= 11 is 1.74. The molecule has 2 N–H and O–H groups in total. The Morgan fingerprint density at radius 2 is 2.16 bits per heavy atom. The predicted molar refractivity (Wildman–Crippen MR) is 78.4 cm³/mol. The predicted octanol–water partition coefficient (Wildman–Crippen LogP) is 3.09. The first-order valence-electron chi connectivity index (χ1n) is 6.19. The van der Waals surface area contributed by atoms with E-state index in [1.54, 1.807) is 24.0 Å². The number of carbonyl (C=O) groups excluding carboxylic acids is 1. The molecule has 0 fully saturated rings. The monoisotopic (exact) mass is 275 g/mol. The Labute approximate surface area is 117 Å². The van der Waals surface area contributed by atoms with Crippen molar-refractivity contribution < 1.29 is 4.79 Å². The van der Waals surface area contributed by atoms with Gasteiger partial charge in [0.25, 0.3) is 0 Å². The first-order chi connectivity index (χ1) is 9.15. The van der Waals surface area contributed by atoms with E-state index in [4.69, 9.17) is 0 Å². The van der Waals surface area contributed by atoms with E-state index in [9.17, 15) is 4.79 Å². The maximum absolute atomic E-state index is 11.9. The summed E-state index contributed by atoms with van der Waals surface area (Å²) < 4.78 is 0. The number of thioether (sulfide) groups is 1. The lowest BCUT2D eigenvalue weighted by atomic mass is 10.2. The second-order valence-corrected chi connectivity index (χ2v) is 6.09. The van der Waals surface area contributed by atoms with Crippen LogP contribution in [0.2, 0.25) is 0 Å². The third-order valence-electron chi connectivity index (χ3n) is 2.43. The summed E-state index contributed by atoms with van der Waals surface area (Å²) in [6, 6.07) is 9.66. The summed E-state index contributed by atoms with van der Waals surface area (Å²) in [7, 11) is 0. The van der Waals surface area contributed by atoms with Crippen LogP contribution in [0.4, 0.5) is 5.69 Å². The van der Waals surface area contributed by atoms with Crippen LogP contribution >= 0.6 is 11.8 Å². The van der Waals surface area contributed by atoms with Crippen molar-refractivity contribution in [1.82, 2.24) is 10.2 Å². The van der Waals surface area contributed by atoms with Gasteiger partial charge in [0, 0.05) is 22.0 Å². The molecule has 2 rings (SSSR count). The maximum Gasteiger partial charge on any atom is 0.230 e. The Bertz CT molecular complexity index is 537. The van der Waals surface area contributed by atoms with Crippen molar-refractivity contribution in [3.63, 3.8) is 0 Å². The number of amides is 1. The lowest BCUT2D eigenvalue weighted by Crippen LogP contribution is -2.15. The number of hydrogen-bond acceptors (Lipinski definition) is 3. The number of nitrogens with zero attached hydrogens (tertiary/aromatic N) is 1. The van der Waals surface area contributed by atoms with E-state index >= 15 is 0 Å². The number of carbonyl (C=O) groups is 1. The van der Waals surface area contributed by atoms with Crippen LogP contribution < -0.4 is 5.32 Å². The van der Waals surface area contributed by atoms with Gasteiger partial charge in [-0.1, -0.05) is 26.0 Å². The molecule has 100 valence electrons. The summed E-state index contributed by atoms with van der Waals surface area (Å²) in [6.45, 7) is 4.27. The normalized spacial score (nSPS) is 10.7. The Morgan fingerprint density at radius 1 is 1.37 bits per heavy atom. The van der Waals surface area contributed by atoms with Gasteiger partial charge in [-0.05, 0) is 18.2 Å². The second kappa shape index (κ2) is 6.43. The molecule has 0 unspecified atom stereocenters. The molecule has 0 bridgehead atoms. The van der Waals surface area contributed by atoms with Gasteiger partial charge < -0.3 is 5.32 Å². The minimum absolute atomic E-state index is 0.0407. The molecule has 0 saturated carbocycles. The van der Waals surface area contributed by atoms with E-state index < -0.39 is 0 Å². The molecule has 2 aromatic rings. The molecule has 0 atom stereocenters. The quantitative estimate of drug-likeness (QED) is 0.824. The van der Waals surface area contributed by atoms with Crippen LogP contribution in [0.1, 0.15) is 19.5 Å². The van der Waals surface area contributed by atoms with Gasteiger partial charge in [-0.2, -0.15) is 5.10 Å². The van der Waals surface area contributed by atoms with E-state index in [0.717, 1.165) is 16.3 Å². The SMILES string of the molecule is CC(C)Sc1ccccc1NC(=O)Cc1ccn[nH]1. The average molecular weight is 275 g/mol. The second-order valence-electron chi connectivity index (χ2n) is 4.47. The molecule has 0 saturated heterocycles. The number of aromatic amines is 1. The van der Waals surface area contributed by atoms with Gasteiger partial charge in [0.2, 0.25) is 5.91 Å². The molecule has 5 heteroatoms. The highest BCUT2D eigenvalue weighted by Gasteiger charge is 2.09. The van der Waals surface area contributed by atoms with Crippen LogP contribution in [0, 0.1) is 0 Å². The maximum atomic E-state index is 11.9. The topological polar surface area (TPSA) is 57.8 Å². The largest absolute Gasteiger partial charge is 0.325 e. The first-order valence-corrected chi connectivity index (χ1v) is 7.07. The average Bonchev–Trinajstić information content (AvgIpc) is 2.83. The van der Waals surface area contributed by atoms with Crippen LogP contribution in [-0.4, -0.2) is 21.4 Å². The number of rotatable bonds is 5. The Hall–Kier alpha value is -1.75. The standard InChI is InChI=1S/C14H17N3OS/c1-10(2)19-13-6-4-3-5-12(13)16-14(18)9-11-7-8-15-17-11/h3-8,10H,9H2,1-2H3,(H,15,17)(H,16,18). The highest BCUT2D eigenvalue weighted by molar-refractivity contribution is 8.00. The van der Waals surface area contributed by atoms with Gasteiger partial charge in [-0.25, -0.2) is 0 Å². The molecule has 1 aromatic heterocycles. The van der Waals surface area contributed by atoms with Crippen LogP contribution in [0.25, 0.3) is 0 Å². The van der Waals surface area contributed by atoms with Crippen molar-refractivity contribution in [2.45, 2.75) is 30.4 Å². The number of anilines is 1. The molecular formula is C14H17N3OS. The molecule has 0 spiro atoms. The van der Waals surface area contributed by atoms with Crippen molar-refractivity contribution in [3.8, 4) is 0 Å². The van der Waals surface area contributed by atoms with E-state index in [1.807, 2.05) is 24.3 Å². The summed E-state index contributed by atoms with van der Waals surface area (Å²) in [5.41, 5.74) is 1.68. The minimum atomic E-state index is -0.0407. The summed E-state index contributed by atoms with van der Waals surface area (Å²) in [5, 5.41) is 10.0. The number of aromatic nitrogens is 2. The van der Waals surface area contributed by atoms with E-state index in [-0.39, 0.29) is 5.91 Å². The lowest BCUT2D eigenvalue weighted by molar-refractivity contribution is -0.115. The van der Waals surface area contributed by atoms with E-state index in [0.29, 0.717) is 11.7 Å². The van der Waals surface area contributed by atoms with Gasteiger partial charge >= 0.3 is 0 Å². The smallest absolute Gasteiger partial charge is 0.230 e. The summed E-state index contributed by atoms with van der Waals surface area (Å²) in [5.74, 6) is -0.0407. The zero-order valence-corrected chi connectivity index (χ0v) is 11.8. The van der Waals surface area contributed by atoms with E-state index in [2.05, 4.69) is 29.4 Å². The van der Waals surface area contributed by atoms with Crippen molar-refractivity contribution in [1.29, 1.82) is 0 Å². The summed E-state index contributed by atoms with van der Waals surface area (Å²) in [4.78, 5) is 13.0. The van der Waals surface area contributed by atoms with Crippen LogP contribution in [0.3, 0.4) is 0 Å². The highest BCUT2D eigenvalue weighted by atomic mass is 32.2. The van der Waals surface area contributed by atoms with Crippen LogP contribution in [0.15, 0.2) is 41.4 Å². The van der Waals surface area contributed by atoms with Gasteiger partial charge in [-0.15, -0.1) is 11.8 Å². The molecule has 1 aromatic carbocycles. The number of H-pyrrole nitrogens is 1. The fourth-order valence-corrected chi connectivity index (χ4v) is 2.59.